The first kappa shape index (κ1) is 35.0. The zero-order chi connectivity index (χ0) is 29.7. The molecule has 0 bridgehead atoms. The van der Waals surface area contributed by atoms with Crippen LogP contribution in [0.25, 0.3) is 0 Å². The SMILES string of the molecule is Cc1ccc(C(O)(c2ccc(C)cc2C(C)(C)C)C(CO)(CO)CO)c(C(C)(C)C)c1.OP(O)OP(O)O. The van der Waals surface area contributed by atoms with E-state index in [4.69, 9.17) is 19.6 Å². The molecule has 0 saturated carbocycles. The molecular formula is C27H44O9P2. The van der Waals surface area contributed by atoms with Gasteiger partial charge in [-0.2, -0.15) is 0 Å². The van der Waals surface area contributed by atoms with Crippen molar-refractivity contribution in [1.82, 2.24) is 0 Å². The van der Waals surface area contributed by atoms with Gasteiger partial charge >= 0.3 is 17.2 Å². The molecule has 0 aliphatic rings. The van der Waals surface area contributed by atoms with Gasteiger partial charge in [-0.3, -0.25) is 0 Å². The summed E-state index contributed by atoms with van der Waals surface area (Å²) < 4.78 is 3.60. The van der Waals surface area contributed by atoms with E-state index in [1.54, 1.807) is 0 Å². The van der Waals surface area contributed by atoms with Crippen molar-refractivity contribution in [2.24, 2.45) is 5.41 Å². The molecule has 0 fully saturated rings. The van der Waals surface area contributed by atoms with Gasteiger partial charge in [-0.15, -0.1) is 0 Å². The second-order valence-corrected chi connectivity index (χ2v) is 13.3. The number of rotatable bonds is 8. The van der Waals surface area contributed by atoms with Gasteiger partial charge in [0.1, 0.15) is 5.60 Å². The maximum Gasteiger partial charge on any atom is 0.334 e. The molecule has 2 rings (SSSR count). The van der Waals surface area contributed by atoms with Crippen LogP contribution in [0.15, 0.2) is 36.4 Å². The van der Waals surface area contributed by atoms with Gasteiger partial charge in [0.05, 0.1) is 25.2 Å². The molecule has 0 amide bonds. The highest BCUT2D eigenvalue weighted by Crippen LogP contribution is 2.50. The minimum Gasteiger partial charge on any atom is -0.395 e. The Labute approximate surface area is 228 Å². The Morgan fingerprint density at radius 3 is 1.13 bits per heavy atom. The van der Waals surface area contributed by atoms with Crippen molar-refractivity contribution >= 4 is 17.2 Å². The van der Waals surface area contributed by atoms with Crippen molar-refractivity contribution in [3.05, 3.63) is 69.8 Å². The smallest absolute Gasteiger partial charge is 0.334 e. The summed E-state index contributed by atoms with van der Waals surface area (Å²) in [4.78, 5) is 31.3. The van der Waals surface area contributed by atoms with E-state index < -0.39 is 48.0 Å². The third-order valence-corrected chi connectivity index (χ3v) is 7.74. The fourth-order valence-electron chi connectivity index (χ4n) is 4.46. The van der Waals surface area contributed by atoms with Crippen molar-refractivity contribution < 1.29 is 44.3 Å². The second kappa shape index (κ2) is 13.5. The van der Waals surface area contributed by atoms with Crippen LogP contribution in [0.5, 0.6) is 0 Å². The van der Waals surface area contributed by atoms with Crippen molar-refractivity contribution in [1.29, 1.82) is 0 Å². The molecule has 11 heteroatoms. The van der Waals surface area contributed by atoms with Gasteiger partial charge in [0.25, 0.3) is 0 Å². The Morgan fingerprint density at radius 2 is 0.921 bits per heavy atom. The predicted molar refractivity (Wildman–Crippen MR) is 150 cm³/mol. The lowest BCUT2D eigenvalue weighted by atomic mass is 9.60. The van der Waals surface area contributed by atoms with Crippen LogP contribution in [-0.4, -0.2) is 59.8 Å². The minimum absolute atomic E-state index is 0.311. The number of benzene rings is 2. The summed E-state index contributed by atoms with van der Waals surface area (Å²) in [6, 6.07) is 11.7. The van der Waals surface area contributed by atoms with E-state index in [1.807, 2.05) is 50.2 Å². The first-order valence-corrected chi connectivity index (χ1v) is 14.5. The number of aryl methyl sites for hydroxylation is 2. The van der Waals surface area contributed by atoms with Gasteiger partial charge in [0.15, 0.2) is 0 Å². The van der Waals surface area contributed by atoms with E-state index in [0.29, 0.717) is 11.1 Å². The highest BCUT2D eigenvalue weighted by Gasteiger charge is 2.55. The van der Waals surface area contributed by atoms with Crippen LogP contribution in [-0.2, 0) is 20.7 Å². The Kier molecular flexibility index (Phi) is 12.5. The summed E-state index contributed by atoms with van der Waals surface area (Å²) in [5, 5.41) is 44.0. The highest BCUT2D eigenvalue weighted by molar-refractivity contribution is 7.53. The number of aliphatic hydroxyl groups is 4. The number of hydrogen-bond donors (Lipinski definition) is 8. The van der Waals surface area contributed by atoms with E-state index in [0.717, 1.165) is 22.3 Å². The lowest BCUT2D eigenvalue weighted by Crippen LogP contribution is -2.55. The lowest BCUT2D eigenvalue weighted by molar-refractivity contribution is -0.137. The molecule has 8 N–H and O–H groups in total. The topological polar surface area (TPSA) is 171 Å². The van der Waals surface area contributed by atoms with Crippen LogP contribution in [0.4, 0.5) is 0 Å². The van der Waals surface area contributed by atoms with Crippen LogP contribution in [0.3, 0.4) is 0 Å². The maximum absolute atomic E-state index is 12.7. The van der Waals surface area contributed by atoms with Crippen molar-refractivity contribution in [2.75, 3.05) is 19.8 Å². The molecule has 0 saturated heterocycles. The van der Waals surface area contributed by atoms with E-state index in [2.05, 4.69) is 45.9 Å². The quantitative estimate of drug-likeness (QED) is 0.220. The van der Waals surface area contributed by atoms with Gasteiger partial charge in [-0.25, -0.2) is 4.31 Å². The van der Waals surface area contributed by atoms with Crippen LogP contribution >= 0.6 is 17.2 Å². The molecule has 2 aromatic rings. The monoisotopic (exact) mass is 574 g/mol. The zero-order valence-electron chi connectivity index (χ0n) is 23.5. The fourth-order valence-corrected chi connectivity index (χ4v) is 4.99. The molecule has 38 heavy (non-hydrogen) atoms. The van der Waals surface area contributed by atoms with Gasteiger partial charge in [0, 0.05) is 0 Å². The first-order chi connectivity index (χ1) is 17.3. The van der Waals surface area contributed by atoms with Crippen LogP contribution < -0.4 is 0 Å². The predicted octanol–water partition coefficient (Wildman–Crippen LogP) is 3.52. The molecular weight excluding hydrogens is 530 g/mol. The Hall–Kier alpha value is -1.06. The first-order valence-electron chi connectivity index (χ1n) is 12.1. The molecule has 0 aliphatic heterocycles. The maximum atomic E-state index is 12.7. The van der Waals surface area contributed by atoms with Gasteiger partial charge in [-0.05, 0) is 46.9 Å². The molecule has 0 unspecified atom stereocenters. The summed E-state index contributed by atoms with van der Waals surface area (Å²) in [7, 11) is -5.22. The van der Waals surface area contributed by atoms with E-state index >= 15 is 0 Å². The standard InChI is InChI=1S/C27H40O4.H4O5P2/c1-18-9-11-20(22(13-18)24(3,4)5)27(31,26(15-28,16-29)17-30)21-12-10-19(2)14-23(21)25(6,7)8;1-6(2)5-7(3)4/h9-14,28-31H,15-17H2,1-8H3;1-4H. The minimum atomic E-state index is -2.61. The molecule has 0 aliphatic carbocycles. The number of hydrogen-bond acceptors (Lipinski definition) is 9. The number of aliphatic hydroxyl groups excluding tert-OH is 3. The summed E-state index contributed by atoms with van der Waals surface area (Å²) in [6.45, 7) is 14.7. The molecule has 0 radical (unpaired) electrons. The van der Waals surface area contributed by atoms with E-state index in [9.17, 15) is 20.4 Å². The van der Waals surface area contributed by atoms with Crippen LogP contribution in [0, 0.1) is 19.3 Å². The van der Waals surface area contributed by atoms with Gasteiger partial charge < -0.3 is 40.0 Å². The average Bonchev–Trinajstić information content (AvgIpc) is 2.78. The lowest BCUT2D eigenvalue weighted by Gasteiger charge is -2.48. The molecule has 0 spiro atoms. The fraction of sp³-hybridized carbons (Fsp3) is 0.556. The molecule has 216 valence electrons. The zero-order valence-corrected chi connectivity index (χ0v) is 25.3. The average molecular weight is 575 g/mol. The summed E-state index contributed by atoms with van der Waals surface area (Å²) in [6.07, 6.45) is 0. The normalized spacial score (nSPS) is 13.1. The Balaban J connectivity index is 0.000000905. The van der Waals surface area contributed by atoms with Crippen molar-refractivity contribution in [2.45, 2.75) is 71.8 Å². The summed E-state index contributed by atoms with van der Waals surface area (Å²) in [5.74, 6) is 0. The third-order valence-electron chi connectivity index (χ3n) is 6.57. The third kappa shape index (κ3) is 8.00. The molecule has 0 atom stereocenters. The summed E-state index contributed by atoms with van der Waals surface area (Å²) >= 11 is 0. The molecule has 0 aromatic heterocycles. The van der Waals surface area contributed by atoms with Crippen molar-refractivity contribution in [3.8, 4) is 0 Å². The molecule has 2 aromatic carbocycles. The molecule has 9 nitrogen and oxygen atoms in total. The van der Waals surface area contributed by atoms with E-state index in [1.165, 1.54) is 0 Å². The van der Waals surface area contributed by atoms with Gasteiger partial charge in [0.2, 0.25) is 0 Å². The summed E-state index contributed by atoms with van der Waals surface area (Å²) in [5.41, 5.74) is 1.09. The second-order valence-electron chi connectivity index (χ2n) is 11.7. The Morgan fingerprint density at radius 1 is 0.605 bits per heavy atom. The van der Waals surface area contributed by atoms with Crippen LogP contribution in [0.2, 0.25) is 0 Å². The van der Waals surface area contributed by atoms with Gasteiger partial charge in [-0.1, -0.05) is 89.1 Å². The van der Waals surface area contributed by atoms with Crippen LogP contribution in [0.1, 0.15) is 74.9 Å². The highest BCUT2D eigenvalue weighted by atomic mass is 31.2. The Bertz CT molecular complexity index is 962. The molecule has 0 heterocycles. The largest absolute Gasteiger partial charge is 0.395 e. The van der Waals surface area contributed by atoms with Crippen molar-refractivity contribution in [3.63, 3.8) is 0 Å². The van der Waals surface area contributed by atoms with E-state index in [-0.39, 0.29) is 10.8 Å².